The highest BCUT2D eigenvalue weighted by atomic mass is 79.9. The van der Waals surface area contributed by atoms with Gasteiger partial charge in [-0.2, -0.15) is 0 Å². The highest BCUT2D eigenvalue weighted by molar-refractivity contribution is 9.10. The number of hydrogen-bond donors (Lipinski definition) is 2. The Hall–Kier alpha value is -2.34. The Morgan fingerprint density at radius 1 is 1.23 bits per heavy atom. The van der Waals surface area contributed by atoms with Gasteiger partial charge in [0.25, 0.3) is 5.91 Å². The summed E-state index contributed by atoms with van der Waals surface area (Å²) in [4.78, 5) is 22.7. The molecule has 2 N–H and O–H groups in total. The molecule has 1 amide bonds. The number of aromatic carboxylic acids is 1. The fourth-order valence-electron chi connectivity index (χ4n) is 1.78. The molecule has 0 aliphatic carbocycles. The van der Waals surface area contributed by atoms with Gasteiger partial charge in [0.05, 0.1) is 5.56 Å². The molecule has 0 aliphatic heterocycles. The third-order valence-corrected chi connectivity index (χ3v) is 3.78. The van der Waals surface area contributed by atoms with Crippen LogP contribution in [0, 0.1) is 6.92 Å². The average molecular weight is 364 g/mol. The lowest BCUT2D eigenvalue weighted by Crippen LogP contribution is -2.20. The fraction of sp³-hybridized carbons (Fsp3) is 0.125. The van der Waals surface area contributed by atoms with Crippen LogP contribution in [0.15, 0.2) is 46.9 Å². The predicted octanol–water partition coefficient (Wildman–Crippen LogP) is 3.47. The van der Waals surface area contributed by atoms with E-state index in [4.69, 9.17) is 9.84 Å². The summed E-state index contributed by atoms with van der Waals surface area (Å²) in [5.74, 6) is -0.809. The number of ether oxygens (including phenoxy) is 1. The number of aryl methyl sites for hydroxylation is 1. The molecule has 0 saturated heterocycles. The molecule has 2 aromatic rings. The third kappa shape index (κ3) is 4.33. The molecular formula is C16H14BrNO4. The van der Waals surface area contributed by atoms with E-state index in [9.17, 15) is 9.59 Å². The summed E-state index contributed by atoms with van der Waals surface area (Å²) in [5, 5.41) is 11.5. The molecule has 0 atom stereocenters. The molecule has 5 nitrogen and oxygen atoms in total. The minimum atomic E-state index is -1.04. The van der Waals surface area contributed by atoms with Crippen molar-refractivity contribution in [2.24, 2.45) is 0 Å². The molecule has 0 heterocycles. The number of carboxylic acid groups (broad SMARTS) is 1. The van der Waals surface area contributed by atoms with E-state index in [1.807, 2.05) is 19.1 Å². The van der Waals surface area contributed by atoms with E-state index in [0.29, 0.717) is 11.4 Å². The number of hydrogen-bond acceptors (Lipinski definition) is 3. The van der Waals surface area contributed by atoms with Gasteiger partial charge in [0.1, 0.15) is 5.75 Å². The Morgan fingerprint density at radius 2 is 2.00 bits per heavy atom. The second-order valence-electron chi connectivity index (χ2n) is 4.63. The van der Waals surface area contributed by atoms with Crippen LogP contribution in [0.2, 0.25) is 0 Å². The number of amides is 1. The van der Waals surface area contributed by atoms with Crippen molar-refractivity contribution >= 4 is 33.5 Å². The summed E-state index contributed by atoms with van der Waals surface area (Å²) in [6.45, 7) is 1.77. The molecule has 0 radical (unpaired) electrons. The van der Waals surface area contributed by atoms with Crippen LogP contribution in [0.5, 0.6) is 5.75 Å². The molecule has 0 saturated carbocycles. The number of carbonyl (C=O) groups excluding carboxylic acids is 1. The Bertz CT molecular complexity index is 715. The maximum Gasteiger partial charge on any atom is 0.335 e. The first-order valence-electron chi connectivity index (χ1n) is 6.48. The summed E-state index contributed by atoms with van der Waals surface area (Å²) in [6.07, 6.45) is 0. The average Bonchev–Trinajstić information content (AvgIpc) is 2.49. The van der Waals surface area contributed by atoms with Crippen LogP contribution in [0.1, 0.15) is 15.9 Å². The number of nitrogens with one attached hydrogen (secondary N) is 1. The standard InChI is InChI=1S/C16H14BrNO4/c1-10-7-13(5-6-14(10)17)22-9-15(19)18-12-4-2-3-11(8-12)16(20)21/h2-8H,9H2,1H3,(H,18,19)(H,20,21). The van der Waals surface area contributed by atoms with Crippen LogP contribution in [-0.2, 0) is 4.79 Å². The maximum atomic E-state index is 11.8. The molecule has 0 aliphatic rings. The Labute approximate surface area is 136 Å². The van der Waals surface area contributed by atoms with Gasteiger partial charge in [0, 0.05) is 10.2 Å². The first-order valence-corrected chi connectivity index (χ1v) is 7.27. The number of carboxylic acids is 1. The molecule has 2 rings (SSSR count). The number of halogens is 1. The van der Waals surface area contributed by atoms with Crippen molar-refractivity contribution in [2.45, 2.75) is 6.92 Å². The first-order chi connectivity index (χ1) is 10.5. The maximum absolute atomic E-state index is 11.8. The van der Waals surface area contributed by atoms with E-state index in [0.717, 1.165) is 10.0 Å². The van der Waals surface area contributed by atoms with Crippen LogP contribution in [-0.4, -0.2) is 23.6 Å². The summed E-state index contributed by atoms with van der Waals surface area (Å²) < 4.78 is 6.37. The lowest BCUT2D eigenvalue weighted by molar-refractivity contribution is -0.118. The zero-order chi connectivity index (χ0) is 16.1. The predicted molar refractivity (Wildman–Crippen MR) is 86.4 cm³/mol. The zero-order valence-corrected chi connectivity index (χ0v) is 13.4. The summed E-state index contributed by atoms with van der Waals surface area (Å²) in [7, 11) is 0. The minimum Gasteiger partial charge on any atom is -0.484 e. The fourth-order valence-corrected chi connectivity index (χ4v) is 2.03. The normalized spacial score (nSPS) is 10.1. The molecule has 2 aromatic carbocycles. The highest BCUT2D eigenvalue weighted by Crippen LogP contribution is 2.21. The van der Waals surface area contributed by atoms with Gasteiger partial charge in [-0.1, -0.05) is 22.0 Å². The zero-order valence-electron chi connectivity index (χ0n) is 11.8. The van der Waals surface area contributed by atoms with E-state index in [1.54, 1.807) is 18.2 Å². The SMILES string of the molecule is Cc1cc(OCC(=O)Nc2cccc(C(=O)O)c2)ccc1Br. The number of benzene rings is 2. The van der Waals surface area contributed by atoms with Crippen LogP contribution >= 0.6 is 15.9 Å². The van der Waals surface area contributed by atoms with Crippen molar-refractivity contribution in [2.75, 3.05) is 11.9 Å². The summed E-state index contributed by atoms with van der Waals surface area (Å²) in [5.41, 5.74) is 1.54. The van der Waals surface area contributed by atoms with Crippen LogP contribution in [0.3, 0.4) is 0 Å². The number of carbonyl (C=O) groups is 2. The molecule has 0 aromatic heterocycles. The minimum absolute atomic E-state index is 0.113. The second kappa shape index (κ2) is 7.09. The summed E-state index contributed by atoms with van der Waals surface area (Å²) in [6, 6.07) is 11.5. The van der Waals surface area contributed by atoms with Gasteiger partial charge in [-0.25, -0.2) is 4.79 Å². The van der Waals surface area contributed by atoms with Crippen LogP contribution < -0.4 is 10.1 Å². The molecular weight excluding hydrogens is 350 g/mol. The molecule has 114 valence electrons. The Kier molecular flexibility index (Phi) is 5.16. The van der Waals surface area contributed by atoms with Crippen molar-refractivity contribution in [3.05, 3.63) is 58.1 Å². The quantitative estimate of drug-likeness (QED) is 0.852. The first kappa shape index (κ1) is 16.0. The lowest BCUT2D eigenvalue weighted by atomic mass is 10.2. The third-order valence-electron chi connectivity index (χ3n) is 2.89. The lowest BCUT2D eigenvalue weighted by Gasteiger charge is -2.09. The molecule has 22 heavy (non-hydrogen) atoms. The van der Waals surface area contributed by atoms with Crippen molar-refractivity contribution < 1.29 is 19.4 Å². The van der Waals surface area contributed by atoms with Crippen LogP contribution in [0.4, 0.5) is 5.69 Å². The molecule has 0 fully saturated rings. The van der Waals surface area contributed by atoms with E-state index in [-0.39, 0.29) is 18.1 Å². The van der Waals surface area contributed by atoms with Gasteiger partial charge in [0.15, 0.2) is 6.61 Å². The van der Waals surface area contributed by atoms with Gasteiger partial charge in [-0.15, -0.1) is 0 Å². The van der Waals surface area contributed by atoms with Gasteiger partial charge >= 0.3 is 5.97 Å². The molecule has 0 spiro atoms. The van der Waals surface area contributed by atoms with Crippen LogP contribution in [0.25, 0.3) is 0 Å². The highest BCUT2D eigenvalue weighted by Gasteiger charge is 2.07. The van der Waals surface area contributed by atoms with Crippen molar-refractivity contribution in [3.8, 4) is 5.75 Å². The van der Waals surface area contributed by atoms with E-state index < -0.39 is 5.97 Å². The summed E-state index contributed by atoms with van der Waals surface area (Å²) >= 11 is 3.39. The van der Waals surface area contributed by atoms with Gasteiger partial charge < -0.3 is 15.2 Å². The Balaban J connectivity index is 1.94. The Morgan fingerprint density at radius 3 is 2.68 bits per heavy atom. The molecule has 0 bridgehead atoms. The van der Waals surface area contributed by atoms with E-state index in [2.05, 4.69) is 21.2 Å². The van der Waals surface area contributed by atoms with Gasteiger partial charge in [-0.3, -0.25) is 4.79 Å². The molecule has 0 unspecified atom stereocenters. The van der Waals surface area contributed by atoms with E-state index in [1.165, 1.54) is 12.1 Å². The monoisotopic (exact) mass is 363 g/mol. The largest absolute Gasteiger partial charge is 0.484 e. The smallest absolute Gasteiger partial charge is 0.335 e. The topological polar surface area (TPSA) is 75.6 Å². The number of rotatable bonds is 5. The van der Waals surface area contributed by atoms with Gasteiger partial charge in [0.2, 0.25) is 0 Å². The molecule has 6 heteroatoms. The van der Waals surface area contributed by atoms with Crippen molar-refractivity contribution in [1.29, 1.82) is 0 Å². The number of anilines is 1. The van der Waals surface area contributed by atoms with Gasteiger partial charge in [-0.05, 0) is 48.9 Å². The van der Waals surface area contributed by atoms with Crippen molar-refractivity contribution in [3.63, 3.8) is 0 Å². The van der Waals surface area contributed by atoms with Crippen molar-refractivity contribution in [1.82, 2.24) is 0 Å². The van der Waals surface area contributed by atoms with E-state index >= 15 is 0 Å². The second-order valence-corrected chi connectivity index (χ2v) is 5.49.